The van der Waals surface area contributed by atoms with Crippen LogP contribution in [0.2, 0.25) is 0 Å². The summed E-state index contributed by atoms with van der Waals surface area (Å²) in [5.41, 5.74) is 1.92. The molecule has 0 saturated carbocycles. The van der Waals surface area contributed by atoms with Gasteiger partial charge in [-0.2, -0.15) is 4.31 Å². The molecule has 0 fully saturated rings. The molecule has 0 aliphatic heterocycles. The van der Waals surface area contributed by atoms with E-state index in [-0.39, 0.29) is 17.3 Å². The first-order valence-corrected chi connectivity index (χ1v) is 9.56. The van der Waals surface area contributed by atoms with Gasteiger partial charge in [0.2, 0.25) is 15.9 Å². The Bertz CT molecular complexity index is 803. The molecule has 2 rings (SSSR count). The number of rotatable bonds is 6. The van der Waals surface area contributed by atoms with E-state index in [4.69, 9.17) is 0 Å². The number of halogens is 1. The minimum atomic E-state index is -3.67. The van der Waals surface area contributed by atoms with E-state index in [0.717, 1.165) is 19.9 Å². The highest BCUT2D eigenvalue weighted by atomic mass is 79.9. The zero-order valence-corrected chi connectivity index (χ0v) is 15.9. The van der Waals surface area contributed by atoms with Crippen molar-refractivity contribution in [2.45, 2.75) is 18.4 Å². The maximum Gasteiger partial charge on any atom is 0.243 e. The molecule has 1 N–H and O–H groups in total. The highest BCUT2D eigenvalue weighted by Crippen LogP contribution is 2.15. The van der Waals surface area contributed by atoms with Crippen LogP contribution in [0.25, 0.3) is 0 Å². The van der Waals surface area contributed by atoms with Gasteiger partial charge in [-0.05, 0) is 36.8 Å². The quantitative estimate of drug-likeness (QED) is 0.795. The van der Waals surface area contributed by atoms with Crippen molar-refractivity contribution in [3.05, 3.63) is 64.1 Å². The third-order valence-electron chi connectivity index (χ3n) is 3.50. The molecule has 7 heteroatoms. The van der Waals surface area contributed by atoms with Crippen LogP contribution in [0, 0.1) is 6.92 Å². The summed E-state index contributed by atoms with van der Waals surface area (Å²) in [6, 6.07) is 14.1. The third kappa shape index (κ3) is 4.90. The molecule has 0 saturated heterocycles. The number of nitrogens with zero attached hydrogens (tertiary/aromatic N) is 1. The fourth-order valence-electron chi connectivity index (χ4n) is 2.04. The number of carbonyl (C=O) groups excluding carboxylic acids is 1. The summed E-state index contributed by atoms with van der Waals surface area (Å²) >= 11 is 3.35. The van der Waals surface area contributed by atoms with Crippen molar-refractivity contribution in [3.8, 4) is 0 Å². The topological polar surface area (TPSA) is 66.5 Å². The molecular weight excluding hydrogens is 392 g/mol. The number of aryl methyl sites for hydroxylation is 1. The van der Waals surface area contributed by atoms with Gasteiger partial charge in [0, 0.05) is 18.1 Å². The fourth-order valence-corrected chi connectivity index (χ4v) is 3.43. The Morgan fingerprint density at radius 1 is 1.08 bits per heavy atom. The lowest BCUT2D eigenvalue weighted by molar-refractivity contribution is -0.121. The first-order valence-electron chi connectivity index (χ1n) is 7.33. The first kappa shape index (κ1) is 18.6. The molecule has 0 bridgehead atoms. The van der Waals surface area contributed by atoms with E-state index in [0.29, 0.717) is 6.54 Å². The third-order valence-corrected chi connectivity index (χ3v) is 5.84. The summed E-state index contributed by atoms with van der Waals surface area (Å²) in [5.74, 6) is -0.351. The number of amides is 1. The summed E-state index contributed by atoms with van der Waals surface area (Å²) < 4.78 is 26.9. The van der Waals surface area contributed by atoms with Crippen LogP contribution in [0.5, 0.6) is 0 Å². The van der Waals surface area contributed by atoms with E-state index in [1.165, 1.54) is 7.05 Å². The van der Waals surface area contributed by atoms with Gasteiger partial charge < -0.3 is 5.32 Å². The number of hydrogen-bond acceptors (Lipinski definition) is 3. The Hall–Kier alpha value is -1.70. The molecule has 1 amide bonds. The zero-order valence-electron chi connectivity index (χ0n) is 13.5. The molecule has 24 heavy (non-hydrogen) atoms. The number of hydrogen-bond donors (Lipinski definition) is 1. The standard InChI is InChI=1S/C17H19BrN2O3S/c1-13-3-9-16(10-4-13)24(22,23)20(2)12-17(21)19-11-14-5-7-15(18)8-6-14/h3-10H,11-12H2,1-2H3,(H,19,21). The van der Waals surface area contributed by atoms with Gasteiger partial charge in [-0.15, -0.1) is 0 Å². The normalized spacial score (nSPS) is 11.5. The van der Waals surface area contributed by atoms with E-state index < -0.39 is 10.0 Å². The Morgan fingerprint density at radius 3 is 2.25 bits per heavy atom. The van der Waals surface area contributed by atoms with Crippen LogP contribution in [0.4, 0.5) is 0 Å². The van der Waals surface area contributed by atoms with E-state index in [1.807, 2.05) is 31.2 Å². The Kier molecular flexibility index (Phi) is 6.15. The minimum Gasteiger partial charge on any atom is -0.351 e. The summed E-state index contributed by atoms with van der Waals surface area (Å²) in [4.78, 5) is 12.2. The predicted molar refractivity (Wildman–Crippen MR) is 97.0 cm³/mol. The van der Waals surface area contributed by atoms with Crippen molar-refractivity contribution in [1.29, 1.82) is 0 Å². The number of nitrogens with one attached hydrogen (secondary N) is 1. The molecule has 2 aromatic carbocycles. The van der Waals surface area contributed by atoms with Gasteiger partial charge in [0.15, 0.2) is 0 Å². The lowest BCUT2D eigenvalue weighted by Gasteiger charge is -2.17. The van der Waals surface area contributed by atoms with Gasteiger partial charge in [-0.3, -0.25) is 4.79 Å². The van der Waals surface area contributed by atoms with E-state index in [2.05, 4.69) is 21.2 Å². The van der Waals surface area contributed by atoms with Crippen molar-refractivity contribution < 1.29 is 13.2 Å². The second-order valence-corrected chi connectivity index (χ2v) is 8.44. The zero-order chi connectivity index (χ0) is 17.7. The monoisotopic (exact) mass is 410 g/mol. The van der Waals surface area contributed by atoms with Crippen LogP contribution in [0.3, 0.4) is 0 Å². The summed E-state index contributed by atoms with van der Waals surface area (Å²) in [6.07, 6.45) is 0. The molecule has 0 atom stereocenters. The van der Waals surface area contributed by atoms with Crippen LogP contribution >= 0.6 is 15.9 Å². The lowest BCUT2D eigenvalue weighted by atomic mass is 10.2. The smallest absolute Gasteiger partial charge is 0.243 e. The van der Waals surface area contributed by atoms with E-state index >= 15 is 0 Å². The van der Waals surface area contributed by atoms with E-state index in [1.54, 1.807) is 24.3 Å². The van der Waals surface area contributed by atoms with Crippen LogP contribution < -0.4 is 5.32 Å². The van der Waals surface area contributed by atoms with Crippen LogP contribution in [0.1, 0.15) is 11.1 Å². The Labute approximate surface area is 150 Å². The van der Waals surface area contributed by atoms with Crippen molar-refractivity contribution in [3.63, 3.8) is 0 Å². The van der Waals surface area contributed by atoms with Gasteiger partial charge in [0.25, 0.3) is 0 Å². The molecule has 5 nitrogen and oxygen atoms in total. The van der Waals surface area contributed by atoms with Crippen molar-refractivity contribution in [2.75, 3.05) is 13.6 Å². The van der Waals surface area contributed by atoms with Crippen LogP contribution in [-0.2, 0) is 21.4 Å². The highest BCUT2D eigenvalue weighted by Gasteiger charge is 2.22. The van der Waals surface area contributed by atoms with Crippen molar-refractivity contribution in [1.82, 2.24) is 9.62 Å². The minimum absolute atomic E-state index is 0.177. The molecule has 0 aliphatic rings. The van der Waals surface area contributed by atoms with Gasteiger partial charge in [0.05, 0.1) is 11.4 Å². The molecule has 2 aromatic rings. The number of benzene rings is 2. The first-order chi connectivity index (χ1) is 11.3. The highest BCUT2D eigenvalue weighted by molar-refractivity contribution is 9.10. The molecule has 128 valence electrons. The molecule has 0 heterocycles. The molecular formula is C17H19BrN2O3S. The second kappa shape index (κ2) is 7.92. The van der Waals surface area contributed by atoms with Crippen LogP contribution in [0.15, 0.2) is 57.9 Å². The van der Waals surface area contributed by atoms with Gasteiger partial charge in [-0.1, -0.05) is 45.8 Å². The maximum absolute atomic E-state index is 12.4. The Balaban J connectivity index is 1.95. The largest absolute Gasteiger partial charge is 0.351 e. The van der Waals surface area contributed by atoms with Crippen molar-refractivity contribution in [2.24, 2.45) is 0 Å². The van der Waals surface area contributed by atoms with Gasteiger partial charge in [0.1, 0.15) is 0 Å². The van der Waals surface area contributed by atoms with Gasteiger partial charge in [-0.25, -0.2) is 8.42 Å². The SMILES string of the molecule is Cc1ccc(S(=O)(=O)N(C)CC(=O)NCc2ccc(Br)cc2)cc1. The number of sulfonamides is 1. The molecule has 0 radical (unpaired) electrons. The molecule has 0 unspecified atom stereocenters. The number of likely N-dealkylation sites (N-methyl/N-ethyl adjacent to an activating group) is 1. The average molecular weight is 411 g/mol. The molecule has 0 aliphatic carbocycles. The second-order valence-electron chi connectivity index (χ2n) is 5.48. The fraction of sp³-hybridized carbons (Fsp3) is 0.235. The lowest BCUT2D eigenvalue weighted by Crippen LogP contribution is -2.38. The van der Waals surface area contributed by atoms with E-state index in [9.17, 15) is 13.2 Å². The molecule has 0 aromatic heterocycles. The van der Waals surface area contributed by atoms with Crippen LogP contribution in [-0.4, -0.2) is 32.2 Å². The maximum atomic E-state index is 12.4. The summed E-state index contributed by atoms with van der Waals surface area (Å²) in [5, 5.41) is 2.72. The predicted octanol–water partition coefficient (Wildman–Crippen LogP) is 2.69. The van der Waals surface area contributed by atoms with Gasteiger partial charge >= 0.3 is 0 Å². The summed E-state index contributed by atoms with van der Waals surface area (Å²) in [6.45, 7) is 2.01. The van der Waals surface area contributed by atoms with Crippen molar-refractivity contribution >= 4 is 31.9 Å². The Morgan fingerprint density at radius 2 is 1.67 bits per heavy atom. The summed E-state index contributed by atoms with van der Waals surface area (Å²) in [7, 11) is -2.28. The average Bonchev–Trinajstić information content (AvgIpc) is 2.54. The molecule has 0 spiro atoms. The number of carbonyl (C=O) groups is 1.